The minimum Gasteiger partial charge on any atom is -0.478 e. The first kappa shape index (κ1) is 17.0. The maximum atomic E-state index is 11.9. The van der Waals surface area contributed by atoms with Crippen LogP contribution in [0.4, 0.5) is 0 Å². The van der Waals surface area contributed by atoms with Gasteiger partial charge in [0.15, 0.2) is 0 Å². The van der Waals surface area contributed by atoms with Gasteiger partial charge in [0.05, 0.1) is 6.04 Å². The van der Waals surface area contributed by atoms with Gasteiger partial charge < -0.3 is 10.4 Å². The average molecular weight is 289 g/mol. The van der Waals surface area contributed by atoms with E-state index in [0.717, 1.165) is 17.2 Å². The van der Waals surface area contributed by atoms with Gasteiger partial charge in [0.2, 0.25) is 5.91 Å². The Labute approximate surface area is 125 Å². The van der Waals surface area contributed by atoms with Crippen LogP contribution in [0.3, 0.4) is 0 Å². The summed E-state index contributed by atoms with van der Waals surface area (Å²) in [6.45, 7) is 8.02. The third kappa shape index (κ3) is 6.75. The summed E-state index contributed by atoms with van der Waals surface area (Å²) in [4.78, 5) is 22.3. The van der Waals surface area contributed by atoms with Crippen molar-refractivity contribution in [1.29, 1.82) is 0 Å². The molecule has 21 heavy (non-hydrogen) atoms. The molecule has 2 N–H and O–H groups in total. The quantitative estimate of drug-likeness (QED) is 0.816. The molecule has 4 nitrogen and oxygen atoms in total. The van der Waals surface area contributed by atoms with Crippen molar-refractivity contribution in [3.05, 3.63) is 41.5 Å². The normalized spacial score (nSPS) is 13.1. The van der Waals surface area contributed by atoms with Crippen molar-refractivity contribution in [2.24, 2.45) is 5.41 Å². The summed E-state index contributed by atoms with van der Waals surface area (Å²) in [5.41, 5.74) is 1.77. The first-order chi connectivity index (χ1) is 9.67. The summed E-state index contributed by atoms with van der Waals surface area (Å²) in [5.74, 6) is -0.938. The van der Waals surface area contributed by atoms with Gasteiger partial charge in [-0.25, -0.2) is 4.79 Å². The maximum Gasteiger partial charge on any atom is 0.328 e. The van der Waals surface area contributed by atoms with Gasteiger partial charge in [-0.05, 0) is 29.5 Å². The number of benzene rings is 1. The van der Waals surface area contributed by atoms with Gasteiger partial charge >= 0.3 is 5.97 Å². The molecule has 0 radical (unpaired) electrons. The second-order valence-electron chi connectivity index (χ2n) is 6.36. The fourth-order valence-electron chi connectivity index (χ4n) is 1.92. The number of nitrogens with one attached hydrogen (secondary N) is 1. The second kappa shape index (κ2) is 7.07. The average Bonchev–Trinajstić information content (AvgIpc) is 2.34. The minimum absolute atomic E-state index is 0.0323. The van der Waals surface area contributed by atoms with Crippen LogP contribution in [0.2, 0.25) is 0 Å². The number of carboxylic acids is 1. The number of hydrogen-bond donors (Lipinski definition) is 2. The van der Waals surface area contributed by atoms with Crippen LogP contribution in [0.5, 0.6) is 0 Å². The fourth-order valence-corrected chi connectivity index (χ4v) is 1.92. The lowest BCUT2D eigenvalue weighted by Crippen LogP contribution is -2.29. The Morgan fingerprint density at radius 2 is 1.81 bits per heavy atom. The minimum atomic E-state index is -0.970. The predicted octanol–water partition coefficient (Wildman–Crippen LogP) is 3.40. The highest BCUT2D eigenvalue weighted by Crippen LogP contribution is 2.20. The summed E-state index contributed by atoms with van der Waals surface area (Å²) in [5, 5.41) is 11.5. The first-order valence-electron chi connectivity index (χ1n) is 6.98. The first-order valence-corrected chi connectivity index (χ1v) is 6.98. The second-order valence-corrected chi connectivity index (χ2v) is 6.36. The summed E-state index contributed by atoms with van der Waals surface area (Å²) < 4.78 is 0. The molecule has 0 bridgehead atoms. The molecular weight excluding hydrogens is 266 g/mol. The van der Waals surface area contributed by atoms with E-state index in [-0.39, 0.29) is 17.4 Å². The van der Waals surface area contributed by atoms with E-state index in [9.17, 15) is 9.59 Å². The molecule has 4 heteroatoms. The summed E-state index contributed by atoms with van der Waals surface area (Å²) in [6, 6.07) is 7.38. The van der Waals surface area contributed by atoms with E-state index in [1.165, 1.54) is 6.08 Å². The zero-order valence-corrected chi connectivity index (χ0v) is 13.0. The molecule has 1 rings (SSSR count). The Morgan fingerprint density at radius 1 is 1.24 bits per heavy atom. The molecule has 0 spiro atoms. The third-order valence-electron chi connectivity index (χ3n) is 2.92. The fraction of sp³-hybridized carbons (Fsp3) is 0.412. The van der Waals surface area contributed by atoms with Gasteiger partial charge in [-0.3, -0.25) is 4.79 Å². The van der Waals surface area contributed by atoms with Crippen molar-refractivity contribution in [3.63, 3.8) is 0 Å². The number of hydrogen-bond acceptors (Lipinski definition) is 2. The molecule has 1 aromatic rings. The largest absolute Gasteiger partial charge is 0.478 e. The lowest BCUT2D eigenvalue weighted by Gasteiger charge is -2.20. The Balaban J connectivity index is 2.65. The van der Waals surface area contributed by atoms with Gasteiger partial charge in [-0.1, -0.05) is 45.0 Å². The monoisotopic (exact) mass is 289 g/mol. The Bertz CT molecular complexity index is 524. The molecule has 0 heterocycles. The highest BCUT2D eigenvalue weighted by Gasteiger charge is 2.17. The van der Waals surface area contributed by atoms with E-state index in [1.54, 1.807) is 0 Å². The Morgan fingerprint density at radius 3 is 2.29 bits per heavy atom. The molecule has 1 atom stereocenters. The molecule has 0 aliphatic rings. The van der Waals surface area contributed by atoms with Gasteiger partial charge in [-0.15, -0.1) is 0 Å². The number of carboxylic acid groups (broad SMARTS) is 1. The van der Waals surface area contributed by atoms with E-state index in [2.05, 4.69) is 5.32 Å². The van der Waals surface area contributed by atoms with Gasteiger partial charge in [0, 0.05) is 12.5 Å². The van der Waals surface area contributed by atoms with Crippen LogP contribution in [0.25, 0.3) is 6.08 Å². The molecule has 114 valence electrons. The number of amides is 1. The van der Waals surface area contributed by atoms with Crippen LogP contribution in [0, 0.1) is 5.41 Å². The zero-order valence-electron chi connectivity index (χ0n) is 13.0. The molecule has 0 fully saturated rings. The molecule has 0 saturated heterocycles. The number of carbonyl (C=O) groups excluding carboxylic acids is 1. The van der Waals surface area contributed by atoms with Crippen molar-refractivity contribution >= 4 is 18.0 Å². The molecule has 1 unspecified atom stereocenters. The smallest absolute Gasteiger partial charge is 0.328 e. The molecule has 0 aliphatic heterocycles. The molecular formula is C17H23NO3. The van der Waals surface area contributed by atoms with Gasteiger partial charge in [0.1, 0.15) is 0 Å². The number of carbonyl (C=O) groups is 2. The van der Waals surface area contributed by atoms with Crippen LogP contribution < -0.4 is 5.32 Å². The van der Waals surface area contributed by atoms with Crippen molar-refractivity contribution in [2.45, 2.75) is 40.2 Å². The molecule has 0 aliphatic carbocycles. The highest BCUT2D eigenvalue weighted by atomic mass is 16.4. The molecule has 1 amide bonds. The highest BCUT2D eigenvalue weighted by molar-refractivity contribution is 5.85. The SMILES string of the molecule is CC(NC(=O)CC(C)(C)C)c1ccc(C=CC(=O)O)cc1. The molecule has 1 aromatic carbocycles. The summed E-state index contributed by atoms with van der Waals surface area (Å²) in [6.07, 6.45) is 3.12. The van der Waals surface area contributed by atoms with Gasteiger partial charge in [-0.2, -0.15) is 0 Å². The van der Waals surface area contributed by atoms with E-state index in [1.807, 2.05) is 52.0 Å². The Hall–Kier alpha value is -2.10. The predicted molar refractivity (Wildman–Crippen MR) is 83.7 cm³/mol. The van der Waals surface area contributed by atoms with E-state index >= 15 is 0 Å². The van der Waals surface area contributed by atoms with Crippen molar-refractivity contribution in [3.8, 4) is 0 Å². The van der Waals surface area contributed by atoms with Crippen molar-refractivity contribution in [1.82, 2.24) is 5.32 Å². The van der Waals surface area contributed by atoms with Gasteiger partial charge in [0.25, 0.3) is 0 Å². The Kier molecular flexibility index (Phi) is 5.70. The molecule has 0 saturated carbocycles. The molecule has 0 aromatic heterocycles. The van der Waals surface area contributed by atoms with E-state index in [0.29, 0.717) is 6.42 Å². The third-order valence-corrected chi connectivity index (χ3v) is 2.92. The van der Waals surface area contributed by atoms with E-state index < -0.39 is 5.97 Å². The summed E-state index contributed by atoms with van der Waals surface area (Å²) in [7, 11) is 0. The maximum absolute atomic E-state index is 11.9. The van der Waals surface area contributed by atoms with Crippen molar-refractivity contribution in [2.75, 3.05) is 0 Å². The zero-order chi connectivity index (χ0) is 16.0. The van der Waals surface area contributed by atoms with Crippen molar-refractivity contribution < 1.29 is 14.7 Å². The lowest BCUT2D eigenvalue weighted by molar-refractivity contribution is -0.131. The number of aliphatic carboxylic acids is 1. The number of rotatable bonds is 5. The van der Waals surface area contributed by atoms with Crippen LogP contribution >= 0.6 is 0 Å². The lowest BCUT2D eigenvalue weighted by atomic mass is 9.91. The summed E-state index contributed by atoms with van der Waals surface area (Å²) >= 11 is 0. The van der Waals surface area contributed by atoms with E-state index in [4.69, 9.17) is 5.11 Å². The topological polar surface area (TPSA) is 66.4 Å². The van der Waals surface area contributed by atoms with Crippen LogP contribution in [0.15, 0.2) is 30.3 Å². The van der Waals surface area contributed by atoms with Crippen LogP contribution in [-0.4, -0.2) is 17.0 Å². The standard InChI is InChI=1S/C17H23NO3/c1-12(18-15(19)11-17(2,3)4)14-8-5-13(6-9-14)7-10-16(20)21/h5-10,12H,11H2,1-4H3,(H,18,19)(H,20,21). The van der Waals surface area contributed by atoms with Crippen LogP contribution in [-0.2, 0) is 9.59 Å². The van der Waals surface area contributed by atoms with Crippen LogP contribution in [0.1, 0.15) is 51.3 Å².